The maximum absolute atomic E-state index is 12.8. The molecular weight excluding hydrogens is 351 g/mol. The highest BCUT2D eigenvalue weighted by Gasteiger charge is 2.38. The Hall–Kier alpha value is -1.86. The lowest BCUT2D eigenvalue weighted by Gasteiger charge is -2.27. The van der Waals surface area contributed by atoms with E-state index in [0.717, 1.165) is 17.7 Å². The van der Waals surface area contributed by atoms with Crippen molar-refractivity contribution in [3.63, 3.8) is 0 Å². The van der Waals surface area contributed by atoms with Gasteiger partial charge in [-0.25, -0.2) is 0 Å². The smallest absolute Gasteiger partial charge is 0.391 e. The van der Waals surface area contributed by atoms with Gasteiger partial charge >= 0.3 is 6.18 Å². The number of carbonyl (C=O) groups excluding carboxylic acids is 1. The number of β-amino-alcohol motifs (C(OH)–C–C–N with tert-alkyl or cyclic N) is 1. The summed E-state index contributed by atoms with van der Waals surface area (Å²) < 4.78 is 38.2. The van der Waals surface area contributed by atoms with Crippen LogP contribution in [0.5, 0.6) is 0 Å². The van der Waals surface area contributed by atoms with Gasteiger partial charge in [0.1, 0.15) is 0 Å². The quantitative estimate of drug-likeness (QED) is 0.881. The summed E-state index contributed by atoms with van der Waals surface area (Å²) in [6.45, 7) is 2.00. The molecule has 3 rings (SSSR count). The van der Waals surface area contributed by atoms with Crippen LogP contribution in [0.2, 0.25) is 0 Å². The molecular formula is C18H18F3NO2S. The molecule has 25 heavy (non-hydrogen) atoms. The van der Waals surface area contributed by atoms with Crippen LogP contribution in [0.3, 0.4) is 0 Å². The van der Waals surface area contributed by atoms with Gasteiger partial charge in [0, 0.05) is 6.54 Å². The largest absolute Gasteiger partial charge is 0.416 e. The normalized spacial score (nSPS) is 22.2. The Kier molecular flexibility index (Phi) is 4.88. The molecule has 134 valence electrons. The van der Waals surface area contributed by atoms with Crippen molar-refractivity contribution in [2.45, 2.75) is 37.6 Å². The second-order valence-corrected chi connectivity index (χ2v) is 7.07. The predicted octanol–water partition coefficient (Wildman–Crippen LogP) is 4.20. The monoisotopic (exact) mass is 369 g/mol. The molecule has 0 spiro atoms. The number of thiophene rings is 1. The van der Waals surface area contributed by atoms with Crippen molar-refractivity contribution < 1.29 is 23.1 Å². The average Bonchev–Trinajstić information content (AvgIpc) is 3.22. The number of alkyl halides is 3. The van der Waals surface area contributed by atoms with Crippen LogP contribution in [0.1, 0.15) is 42.0 Å². The van der Waals surface area contributed by atoms with Crippen molar-refractivity contribution >= 4 is 17.2 Å². The van der Waals surface area contributed by atoms with E-state index >= 15 is 0 Å². The SMILES string of the molecule is C[C@H](C(=O)N1C[C@H](O)C[C@H]1c1ccc(C(F)(F)F)cc1)c1ccsc1. The Balaban J connectivity index is 1.83. The molecule has 1 aromatic carbocycles. The molecule has 1 aliphatic rings. The van der Waals surface area contributed by atoms with Crippen molar-refractivity contribution in [1.29, 1.82) is 0 Å². The van der Waals surface area contributed by atoms with E-state index in [9.17, 15) is 23.1 Å². The first kappa shape index (κ1) is 17.9. The third-order valence-corrected chi connectivity index (χ3v) is 5.30. The van der Waals surface area contributed by atoms with Crippen LogP contribution in [0.25, 0.3) is 0 Å². The first-order valence-electron chi connectivity index (χ1n) is 7.95. The molecule has 2 aromatic rings. The number of aliphatic hydroxyl groups is 1. The van der Waals surface area contributed by atoms with Gasteiger partial charge in [0.25, 0.3) is 0 Å². The Morgan fingerprint density at radius 3 is 2.52 bits per heavy atom. The van der Waals surface area contributed by atoms with Gasteiger partial charge in [-0.1, -0.05) is 12.1 Å². The van der Waals surface area contributed by atoms with Crippen LogP contribution in [0.4, 0.5) is 13.2 Å². The summed E-state index contributed by atoms with van der Waals surface area (Å²) in [6.07, 6.45) is -4.74. The molecule has 3 atom stereocenters. The highest BCUT2D eigenvalue weighted by molar-refractivity contribution is 7.08. The summed E-state index contributed by atoms with van der Waals surface area (Å²) in [6, 6.07) is 6.29. The number of carbonyl (C=O) groups is 1. The Morgan fingerprint density at radius 2 is 1.96 bits per heavy atom. The van der Waals surface area contributed by atoms with Gasteiger partial charge in [0.05, 0.1) is 23.6 Å². The van der Waals surface area contributed by atoms with Gasteiger partial charge in [-0.2, -0.15) is 24.5 Å². The van der Waals surface area contributed by atoms with Crippen molar-refractivity contribution in [2.75, 3.05) is 6.54 Å². The number of benzene rings is 1. The van der Waals surface area contributed by atoms with Crippen molar-refractivity contribution in [1.82, 2.24) is 4.90 Å². The van der Waals surface area contributed by atoms with Crippen molar-refractivity contribution in [2.24, 2.45) is 0 Å². The second kappa shape index (κ2) is 6.80. The summed E-state index contributed by atoms with van der Waals surface area (Å²) >= 11 is 1.50. The summed E-state index contributed by atoms with van der Waals surface area (Å²) in [5.41, 5.74) is 0.789. The van der Waals surface area contributed by atoms with Gasteiger partial charge in [-0.05, 0) is 53.4 Å². The molecule has 3 nitrogen and oxygen atoms in total. The molecule has 1 aliphatic heterocycles. The number of amides is 1. The molecule has 1 N–H and O–H groups in total. The Labute approximate surface area is 147 Å². The van der Waals surface area contributed by atoms with Crippen LogP contribution >= 0.6 is 11.3 Å². The number of aliphatic hydroxyl groups excluding tert-OH is 1. The van der Waals surface area contributed by atoms with Gasteiger partial charge in [0.15, 0.2) is 0 Å². The lowest BCUT2D eigenvalue weighted by molar-refractivity contribution is -0.137. The van der Waals surface area contributed by atoms with Crippen LogP contribution in [0.15, 0.2) is 41.1 Å². The number of hydrogen-bond acceptors (Lipinski definition) is 3. The highest BCUT2D eigenvalue weighted by Crippen LogP contribution is 2.37. The molecule has 1 fully saturated rings. The zero-order chi connectivity index (χ0) is 18.2. The summed E-state index contributed by atoms with van der Waals surface area (Å²) in [7, 11) is 0. The fraction of sp³-hybridized carbons (Fsp3) is 0.389. The fourth-order valence-electron chi connectivity index (χ4n) is 3.18. The molecule has 0 saturated carbocycles. The third-order valence-electron chi connectivity index (χ3n) is 4.60. The number of halogens is 3. The van der Waals surface area contributed by atoms with E-state index in [0.29, 0.717) is 12.0 Å². The second-order valence-electron chi connectivity index (χ2n) is 6.29. The lowest BCUT2D eigenvalue weighted by atomic mass is 9.99. The first-order valence-corrected chi connectivity index (χ1v) is 8.89. The van der Waals surface area contributed by atoms with Crippen LogP contribution < -0.4 is 0 Å². The van der Waals surface area contributed by atoms with Gasteiger partial charge in [-0.3, -0.25) is 4.79 Å². The number of hydrogen-bond donors (Lipinski definition) is 1. The zero-order valence-electron chi connectivity index (χ0n) is 13.5. The molecule has 1 amide bonds. The fourth-order valence-corrected chi connectivity index (χ4v) is 3.93. The number of nitrogens with zero attached hydrogens (tertiary/aromatic N) is 1. The molecule has 1 aromatic heterocycles. The van der Waals surface area contributed by atoms with Crippen molar-refractivity contribution in [3.8, 4) is 0 Å². The van der Waals surface area contributed by atoms with Gasteiger partial charge < -0.3 is 10.0 Å². The van der Waals surface area contributed by atoms with Crippen LogP contribution in [-0.4, -0.2) is 28.6 Å². The van der Waals surface area contributed by atoms with E-state index < -0.39 is 23.9 Å². The molecule has 0 aliphatic carbocycles. The van der Waals surface area contributed by atoms with Gasteiger partial charge in [-0.15, -0.1) is 0 Å². The number of rotatable bonds is 3. The Morgan fingerprint density at radius 1 is 1.28 bits per heavy atom. The van der Waals surface area contributed by atoms with Crippen molar-refractivity contribution in [3.05, 3.63) is 57.8 Å². The molecule has 0 bridgehead atoms. The van der Waals surface area contributed by atoms with E-state index in [1.165, 1.54) is 23.5 Å². The average molecular weight is 369 g/mol. The van der Waals surface area contributed by atoms with E-state index in [1.54, 1.807) is 11.8 Å². The maximum Gasteiger partial charge on any atom is 0.416 e. The number of likely N-dealkylation sites (tertiary alicyclic amines) is 1. The summed E-state index contributed by atoms with van der Waals surface area (Å²) in [5, 5.41) is 13.8. The first-order chi connectivity index (χ1) is 11.8. The molecule has 1 saturated heterocycles. The highest BCUT2D eigenvalue weighted by atomic mass is 32.1. The minimum Gasteiger partial charge on any atom is -0.391 e. The maximum atomic E-state index is 12.8. The third kappa shape index (κ3) is 3.72. The van der Waals surface area contributed by atoms with E-state index in [2.05, 4.69) is 0 Å². The van der Waals surface area contributed by atoms with Crippen LogP contribution in [-0.2, 0) is 11.0 Å². The summed E-state index contributed by atoms with van der Waals surface area (Å²) in [5.74, 6) is -0.478. The zero-order valence-corrected chi connectivity index (χ0v) is 14.3. The molecule has 7 heteroatoms. The van der Waals surface area contributed by atoms with E-state index in [-0.39, 0.29) is 18.4 Å². The molecule has 0 unspecified atom stereocenters. The molecule has 0 radical (unpaired) electrons. The summed E-state index contributed by atoms with van der Waals surface area (Å²) in [4.78, 5) is 14.4. The lowest BCUT2D eigenvalue weighted by Crippen LogP contribution is -2.34. The minimum absolute atomic E-state index is 0.125. The van der Waals surface area contributed by atoms with E-state index in [4.69, 9.17) is 0 Å². The van der Waals surface area contributed by atoms with Gasteiger partial charge in [0.2, 0.25) is 5.91 Å². The minimum atomic E-state index is -4.39. The van der Waals surface area contributed by atoms with E-state index in [1.807, 2.05) is 16.8 Å². The standard InChI is InChI=1S/C18H18F3NO2S/c1-11(13-6-7-25-10-13)17(24)22-9-15(23)8-16(22)12-2-4-14(5-3-12)18(19,20)21/h2-7,10-11,15-16,23H,8-9H2,1H3/t11-,15+,16-/m0/s1. The Bertz CT molecular complexity index is 728. The van der Waals surface area contributed by atoms with Crippen LogP contribution in [0, 0.1) is 0 Å². The molecule has 2 heterocycles. The topological polar surface area (TPSA) is 40.5 Å². The predicted molar refractivity (Wildman–Crippen MR) is 89.3 cm³/mol.